The van der Waals surface area contributed by atoms with Gasteiger partial charge in [0.1, 0.15) is 0 Å². The minimum atomic E-state index is -3.44. The average molecular weight is 424 g/mol. The highest BCUT2D eigenvalue weighted by atomic mass is 35.5. The molecule has 0 saturated carbocycles. The van der Waals surface area contributed by atoms with Crippen LogP contribution < -0.4 is 5.32 Å². The highest BCUT2D eigenvalue weighted by Gasteiger charge is 2.27. The third kappa shape index (κ3) is 5.27. The molecule has 1 fully saturated rings. The molecule has 0 spiro atoms. The first-order valence-corrected chi connectivity index (χ1v) is 11.3. The van der Waals surface area contributed by atoms with E-state index in [9.17, 15) is 13.2 Å². The summed E-state index contributed by atoms with van der Waals surface area (Å²) in [6.07, 6.45) is 7.98. The van der Waals surface area contributed by atoms with Gasteiger partial charge in [0.15, 0.2) is 15.7 Å². The molecule has 1 aromatic carbocycles. The van der Waals surface area contributed by atoms with Crippen LogP contribution in [0.2, 0.25) is 5.02 Å². The summed E-state index contributed by atoms with van der Waals surface area (Å²) in [7, 11) is -3.44. The predicted molar refractivity (Wildman–Crippen MR) is 106 cm³/mol. The summed E-state index contributed by atoms with van der Waals surface area (Å²) in [6.45, 7) is 1.36. The Labute approximate surface area is 169 Å². The minimum Gasteiger partial charge on any atom is -0.381 e. The van der Waals surface area contributed by atoms with Crippen LogP contribution in [0.25, 0.3) is 0 Å². The van der Waals surface area contributed by atoms with Gasteiger partial charge < -0.3 is 10.1 Å². The number of sulfone groups is 1. The standard InChI is InChI=1S/C19H22ClN3O4S/c1-28(25,26)17-3-2-14(11-16(17)20)15(10-13-4-8-27-9-5-13)19(24)23-18-12-21-6-7-22-18/h2-3,6-7,11-13,15H,4-5,8-10H2,1H3,(H,22,23,24)/t15-/m0/s1. The molecule has 7 nitrogen and oxygen atoms in total. The number of anilines is 1. The van der Waals surface area contributed by atoms with Crippen molar-refractivity contribution < 1.29 is 17.9 Å². The summed E-state index contributed by atoms with van der Waals surface area (Å²) in [5, 5.41) is 2.90. The first-order valence-electron chi connectivity index (χ1n) is 8.98. The summed E-state index contributed by atoms with van der Waals surface area (Å²) in [5.41, 5.74) is 0.672. The molecule has 1 aliphatic rings. The molecule has 1 aromatic heterocycles. The van der Waals surface area contributed by atoms with E-state index in [4.69, 9.17) is 16.3 Å². The average Bonchev–Trinajstić information content (AvgIpc) is 2.66. The van der Waals surface area contributed by atoms with Crippen LogP contribution >= 0.6 is 11.6 Å². The lowest BCUT2D eigenvalue weighted by Gasteiger charge is -2.26. The first-order chi connectivity index (χ1) is 13.3. The quantitative estimate of drug-likeness (QED) is 0.766. The smallest absolute Gasteiger partial charge is 0.233 e. The van der Waals surface area contributed by atoms with Crippen molar-refractivity contribution in [3.63, 3.8) is 0 Å². The molecule has 2 heterocycles. The van der Waals surface area contributed by atoms with Crippen molar-refractivity contribution in [1.29, 1.82) is 0 Å². The number of rotatable bonds is 6. The Bertz CT molecular complexity index is 931. The molecular weight excluding hydrogens is 402 g/mol. The highest BCUT2D eigenvalue weighted by Crippen LogP contribution is 2.33. The van der Waals surface area contributed by atoms with Gasteiger partial charge >= 0.3 is 0 Å². The third-order valence-electron chi connectivity index (χ3n) is 4.80. The molecule has 3 rings (SSSR count). The van der Waals surface area contributed by atoms with Crippen LogP contribution in [0, 0.1) is 5.92 Å². The zero-order valence-corrected chi connectivity index (χ0v) is 17.0. The summed E-state index contributed by atoms with van der Waals surface area (Å²) in [4.78, 5) is 21.1. The number of benzene rings is 1. The minimum absolute atomic E-state index is 0.0528. The normalized spacial score (nSPS) is 16.5. The van der Waals surface area contributed by atoms with E-state index in [0.29, 0.717) is 36.9 Å². The second-order valence-electron chi connectivity index (χ2n) is 6.89. The SMILES string of the molecule is CS(=O)(=O)c1ccc([C@H](CC2CCOCC2)C(=O)Nc2cnccn2)cc1Cl. The van der Waals surface area contributed by atoms with Gasteiger partial charge in [-0.3, -0.25) is 9.78 Å². The number of nitrogens with one attached hydrogen (secondary N) is 1. The molecular formula is C19H22ClN3O4S. The maximum atomic E-state index is 13.0. The molecule has 1 saturated heterocycles. The Hall–Kier alpha value is -2.03. The van der Waals surface area contributed by atoms with Crippen molar-refractivity contribution in [3.8, 4) is 0 Å². The van der Waals surface area contributed by atoms with E-state index in [1.165, 1.54) is 24.7 Å². The number of aromatic nitrogens is 2. The number of ether oxygens (including phenoxy) is 1. The lowest BCUT2D eigenvalue weighted by atomic mass is 9.84. The van der Waals surface area contributed by atoms with Gasteiger partial charge in [0.05, 0.1) is 22.0 Å². The van der Waals surface area contributed by atoms with E-state index >= 15 is 0 Å². The van der Waals surface area contributed by atoms with Gasteiger partial charge in [-0.25, -0.2) is 13.4 Å². The molecule has 0 radical (unpaired) electrons. The fourth-order valence-electron chi connectivity index (χ4n) is 3.32. The number of halogens is 1. The fraction of sp³-hybridized carbons (Fsp3) is 0.421. The van der Waals surface area contributed by atoms with E-state index in [1.807, 2.05) is 0 Å². The summed E-state index contributed by atoms with van der Waals surface area (Å²) in [5.74, 6) is -0.0190. The van der Waals surface area contributed by atoms with Crippen molar-refractivity contribution >= 4 is 33.2 Å². The fourth-order valence-corrected chi connectivity index (χ4v) is 4.66. The Morgan fingerprint density at radius 1 is 1.32 bits per heavy atom. The monoisotopic (exact) mass is 423 g/mol. The van der Waals surface area contributed by atoms with Crippen LogP contribution in [0.3, 0.4) is 0 Å². The van der Waals surface area contributed by atoms with Crippen molar-refractivity contribution in [2.45, 2.75) is 30.1 Å². The zero-order valence-electron chi connectivity index (χ0n) is 15.5. The van der Waals surface area contributed by atoms with Crippen LogP contribution in [0.1, 0.15) is 30.7 Å². The molecule has 1 amide bonds. The Morgan fingerprint density at radius 3 is 2.68 bits per heavy atom. The molecule has 1 atom stereocenters. The van der Waals surface area contributed by atoms with E-state index in [-0.39, 0.29) is 15.8 Å². The predicted octanol–water partition coefficient (Wildman–Crippen LogP) is 3.07. The van der Waals surface area contributed by atoms with Crippen LogP contribution in [-0.2, 0) is 19.4 Å². The van der Waals surface area contributed by atoms with Gasteiger partial charge in [-0.15, -0.1) is 0 Å². The van der Waals surface area contributed by atoms with E-state index in [1.54, 1.807) is 12.1 Å². The van der Waals surface area contributed by atoms with Gasteiger partial charge in [-0.1, -0.05) is 17.7 Å². The lowest BCUT2D eigenvalue weighted by Crippen LogP contribution is -2.26. The molecule has 28 heavy (non-hydrogen) atoms. The number of nitrogens with zero attached hydrogens (tertiary/aromatic N) is 2. The van der Waals surface area contributed by atoms with Crippen LogP contribution in [0.15, 0.2) is 41.7 Å². The molecule has 150 valence electrons. The van der Waals surface area contributed by atoms with Gasteiger partial charge in [-0.2, -0.15) is 0 Å². The summed E-state index contributed by atoms with van der Waals surface area (Å²) < 4.78 is 29.1. The highest BCUT2D eigenvalue weighted by molar-refractivity contribution is 7.90. The molecule has 0 bridgehead atoms. The first kappa shape index (κ1) is 20.7. The second-order valence-corrected chi connectivity index (χ2v) is 9.28. The number of hydrogen-bond acceptors (Lipinski definition) is 6. The van der Waals surface area contributed by atoms with Crippen molar-refractivity contribution in [2.24, 2.45) is 5.92 Å². The topological polar surface area (TPSA) is 98.2 Å². The number of hydrogen-bond donors (Lipinski definition) is 1. The maximum absolute atomic E-state index is 13.0. The number of carbonyl (C=O) groups is 1. The number of amides is 1. The van der Waals surface area contributed by atoms with Crippen LogP contribution in [0.5, 0.6) is 0 Å². The molecule has 9 heteroatoms. The van der Waals surface area contributed by atoms with Crippen LogP contribution in [0.4, 0.5) is 5.82 Å². The van der Waals surface area contributed by atoms with Crippen molar-refractivity contribution in [2.75, 3.05) is 24.8 Å². The van der Waals surface area contributed by atoms with E-state index < -0.39 is 15.8 Å². The Morgan fingerprint density at radius 2 is 2.07 bits per heavy atom. The van der Waals surface area contributed by atoms with E-state index in [2.05, 4.69) is 15.3 Å². The van der Waals surface area contributed by atoms with Crippen molar-refractivity contribution in [1.82, 2.24) is 9.97 Å². The molecule has 1 aliphatic heterocycles. The molecule has 2 aromatic rings. The lowest BCUT2D eigenvalue weighted by molar-refractivity contribution is -0.118. The van der Waals surface area contributed by atoms with Crippen LogP contribution in [-0.4, -0.2) is 43.8 Å². The molecule has 1 N–H and O–H groups in total. The largest absolute Gasteiger partial charge is 0.381 e. The van der Waals surface area contributed by atoms with Gasteiger partial charge in [0, 0.05) is 31.9 Å². The van der Waals surface area contributed by atoms with Gasteiger partial charge in [0.25, 0.3) is 0 Å². The second kappa shape index (κ2) is 8.98. The molecule has 0 aliphatic carbocycles. The maximum Gasteiger partial charge on any atom is 0.233 e. The van der Waals surface area contributed by atoms with Gasteiger partial charge in [0.2, 0.25) is 5.91 Å². The number of carbonyl (C=O) groups excluding carboxylic acids is 1. The van der Waals surface area contributed by atoms with Gasteiger partial charge in [-0.05, 0) is 42.9 Å². The zero-order chi connectivity index (χ0) is 20.1. The third-order valence-corrected chi connectivity index (χ3v) is 6.38. The van der Waals surface area contributed by atoms with E-state index in [0.717, 1.165) is 19.1 Å². The Kier molecular flexibility index (Phi) is 6.64. The summed E-state index contributed by atoms with van der Waals surface area (Å²) in [6, 6.07) is 4.68. The molecule has 0 unspecified atom stereocenters. The van der Waals surface area contributed by atoms with Crippen molar-refractivity contribution in [3.05, 3.63) is 47.4 Å². The Balaban J connectivity index is 1.88. The summed E-state index contributed by atoms with van der Waals surface area (Å²) >= 11 is 6.21.